The average molecular weight is 246 g/mol. The molecule has 0 fully saturated rings. The first-order valence-corrected chi connectivity index (χ1v) is 5.10. The number of rotatable bonds is 4. The Bertz CT molecular complexity index is 404. The fraction of sp³-hybridized carbons (Fsp3) is 0.300. The van der Waals surface area contributed by atoms with Gasteiger partial charge in [-0.1, -0.05) is 23.2 Å². The molecule has 0 saturated heterocycles. The summed E-state index contributed by atoms with van der Waals surface area (Å²) in [5.41, 5.74) is 0.169. The van der Waals surface area contributed by atoms with Crippen LogP contribution in [0.15, 0.2) is 12.3 Å². The van der Waals surface area contributed by atoms with Gasteiger partial charge in [-0.2, -0.15) is 0 Å². The molecule has 0 aliphatic carbocycles. The van der Waals surface area contributed by atoms with E-state index in [1.165, 1.54) is 19.2 Å². The Hall–Kier alpha value is -0.930. The molecule has 0 radical (unpaired) electrons. The summed E-state index contributed by atoms with van der Waals surface area (Å²) in [5.74, 6) is -0.277. The van der Waals surface area contributed by atoms with E-state index in [-0.39, 0.29) is 35.1 Å². The molecule has 80 valence electrons. The van der Waals surface area contributed by atoms with Crippen molar-refractivity contribution in [2.24, 2.45) is 0 Å². The lowest BCUT2D eigenvalue weighted by Crippen LogP contribution is -2.05. The predicted molar refractivity (Wildman–Crippen MR) is 58.5 cm³/mol. The van der Waals surface area contributed by atoms with E-state index in [1.807, 2.05) is 0 Å². The van der Waals surface area contributed by atoms with Gasteiger partial charge in [0.15, 0.2) is 5.78 Å². The van der Waals surface area contributed by atoms with Crippen LogP contribution >= 0.6 is 23.2 Å². The van der Waals surface area contributed by atoms with Crippen LogP contribution in [0.3, 0.4) is 0 Å². The Morgan fingerprint density at radius 1 is 1.33 bits per heavy atom. The second kappa shape index (κ2) is 5.24. The van der Waals surface area contributed by atoms with Gasteiger partial charge in [0.25, 0.3) is 0 Å². The summed E-state index contributed by atoms with van der Waals surface area (Å²) in [4.78, 5) is 26.1. The number of Topliss-reactive ketones (excluding diaryl/α,β-unsaturated/α-hetero) is 2. The molecular weight excluding hydrogens is 237 g/mol. The number of pyridine rings is 1. The number of aromatic nitrogens is 1. The highest BCUT2D eigenvalue weighted by Gasteiger charge is 2.12. The normalized spacial score (nSPS) is 10.1. The molecule has 0 spiro atoms. The van der Waals surface area contributed by atoms with Crippen molar-refractivity contribution in [2.45, 2.75) is 19.8 Å². The van der Waals surface area contributed by atoms with Gasteiger partial charge in [0.1, 0.15) is 11.5 Å². The summed E-state index contributed by atoms with van der Waals surface area (Å²) in [6.07, 6.45) is 1.69. The summed E-state index contributed by atoms with van der Waals surface area (Å²) in [5, 5.41) is 0.596. The van der Waals surface area contributed by atoms with E-state index in [4.69, 9.17) is 23.2 Å². The van der Waals surface area contributed by atoms with Gasteiger partial charge >= 0.3 is 0 Å². The maximum Gasteiger partial charge on any atom is 0.183 e. The molecule has 0 bridgehead atoms. The molecule has 1 aromatic heterocycles. The number of ketones is 2. The highest BCUT2D eigenvalue weighted by molar-refractivity contribution is 6.36. The first-order valence-electron chi connectivity index (χ1n) is 4.34. The van der Waals surface area contributed by atoms with Gasteiger partial charge in [-0.25, -0.2) is 0 Å². The Labute approximate surface area is 97.4 Å². The van der Waals surface area contributed by atoms with Crippen LogP contribution in [0.5, 0.6) is 0 Å². The van der Waals surface area contributed by atoms with Gasteiger partial charge in [-0.15, -0.1) is 0 Å². The molecule has 3 nitrogen and oxygen atoms in total. The SMILES string of the molecule is CC(=O)CCC(=O)c1ncc(Cl)cc1Cl. The van der Waals surface area contributed by atoms with Gasteiger partial charge in [0, 0.05) is 19.0 Å². The molecule has 0 atom stereocenters. The van der Waals surface area contributed by atoms with Crippen LogP contribution in [0.2, 0.25) is 10.0 Å². The molecule has 1 heterocycles. The zero-order valence-electron chi connectivity index (χ0n) is 8.09. The topological polar surface area (TPSA) is 47.0 Å². The van der Waals surface area contributed by atoms with Crippen LogP contribution in [-0.4, -0.2) is 16.6 Å². The Morgan fingerprint density at radius 3 is 2.53 bits per heavy atom. The lowest BCUT2D eigenvalue weighted by Gasteiger charge is -2.01. The Kier molecular flexibility index (Phi) is 4.24. The van der Waals surface area contributed by atoms with Crippen LogP contribution < -0.4 is 0 Å². The summed E-state index contributed by atoms with van der Waals surface area (Å²) in [6, 6.07) is 1.46. The van der Waals surface area contributed by atoms with Crippen molar-refractivity contribution in [1.82, 2.24) is 4.98 Å². The van der Waals surface area contributed by atoms with Crippen LogP contribution in [0, 0.1) is 0 Å². The zero-order chi connectivity index (χ0) is 11.4. The van der Waals surface area contributed by atoms with E-state index >= 15 is 0 Å². The molecule has 0 aliphatic heterocycles. The largest absolute Gasteiger partial charge is 0.300 e. The maximum absolute atomic E-state index is 11.5. The number of halogens is 2. The highest BCUT2D eigenvalue weighted by Crippen LogP contribution is 2.19. The fourth-order valence-corrected chi connectivity index (χ4v) is 1.51. The third kappa shape index (κ3) is 3.61. The molecule has 0 aliphatic rings. The van der Waals surface area contributed by atoms with Crippen LogP contribution in [0.4, 0.5) is 0 Å². The van der Waals surface area contributed by atoms with E-state index in [9.17, 15) is 9.59 Å². The van der Waals surface area contributed by atoms with Crippen molar-refractivity contribution in [1.29, 1.82) is 0 Å². The first-order chi connectivity index (χ1) is 7.00. The monoisotopic (exact) mass is 245 g/mol. The second-order valence-electron chi connectivity index (χ2n) is 3.11. The van der Waals surface area contributed by atoms with Gasteiger partial charge < -0.3 is 4.79 Å². The number of nitrogens with zero attached hydrogens (tertiary/aromatic N) is 1. The lowest BCUT2D eigenvalue weighted by atomic mass is 10.1. The van der Waals surface area contributed by atoms with E-state index in [0.29, 0.717) is 5.02 Å². The van der Waals surface area contributed by atoms with Crippen molar-refractivity contribution in [3.05, 3.63) is 28.0 Å². The van der Waals surface area contributed by atoms with Crippen molar-refractivity contribution in [3.8, 4) is 0 Å². The summed E-state index contributed by atoms with van der Waals surface area (Å²) < 4.78 is 0. The molecule has 1 rings (SSSR count). The summed E-state index contributed by atoms with van der Waals surface area (Å²) >= 11 is 11.4. The zero-order valence-corrected chi connectivity index (χ0v) is 9.60. The van der Waals surface area contributed by atoms with Crippen molar-refractivity contribution < 1.29 is 9.59 Å². The van der Waals surface area contributed by atoms with Crippen LogP contribution in [-0.2, 0) is 4.79 Å². The van der Waals surface area contributed by atoms with E-state index < -0.39 is 0 Å². The second-order valence-corrected chi connectivity index (χ2v) is 3.95. The van der Waals surface area contributed by atoms with E-state index in [0.717, 1.165) is 0 Å². The third-order valence-electron chi connectivity index (χ3n) is 1.78. The smallest absolute Gasteiger partial charge is 0.183 e. The average Bonchev–Trinajstić information content (AvgIpc) is 2.14. The van der Waals surface area contributed by atoms with Crippen molar-refractivity contribution in [2.75, 3.05) is 0 Å². The predicted octanol–water partition coefficient (Wildman–Crippen LogP) is 2.94. The number of carbonyl (C=O) groups is 2. The summed E-state index contributed by atoms with van der Waals surface area (Å²) in [6.45, 7) is 1.43. The minimum absolute atomic E-state index is 0.0339. The number of hydrogen-bond donors (Lipinski definition) is 0. The van der Waals surface area contributed by atoms with Gasteiger partial charge in [-0.3, -0.25) is 9.78 Å². The Morgan fingerprint density at radius 2 is 2.00 bits per heavy atom. The first kappa shape index (κ1) is 12.1. The molecule has 0 N–H and O–H groups in total. The minimum Gasteiger partial charge on any atom is -0.300 e. The number of hydrogen-bond acceptors (Lipinski definition) is 3. The molecule has 0 saturated carbocycles. The van der Waals surface area contributed by atoms with Gasteiger partial charge in [0.2, 0.25) is 0 Å². The van der Waals surface area contributed by atoms with Crippen LogP contribution in [0.1, 0.15) is 30.3 Å². The van der Waals surface area contributed by atoms with Crippen molar-refractivity contribution in [3.63, 3.8) is 0 Å². The lowest BCUT2D eigenvalue weighted by molar-refractivity contribution is -0.116. The number of carbonyl (C=O) groups excluding carboxylic acids is 2. The molecule has 0 aromatic carbocycles. The van der Waals surface area contributed by atoms with Crippen LogP contribution in [0.25, 0.3) is 0 Å². The third-order valence-corrected chi connectivity index (χ3v) is 2.27. The molecule has 5 heteroatoms. The van der Waals surface area contributed by atoms with E-state index in [2.05, 4.69) is 4.98 Å². The fourth-order valence-electron chi connectivity index (χ4n) is 1.03. The quantitative estimate of drug-likeness (QED) is 0.767. The summed E-state index contributed by atoms with van der Waals surface area (Å²) in [7, 11) is 0. The van der Waals surface area contributed by atoms with Crippen molar-refractivity contribution >= 4 is 34.8 Å². The molecule has 0 amide bonds. The van der Waals surface area contributed by atoms with Gasteiger partial charge in [0.05, 0.1) is 10.0 Å². The highest BCUT2D eigenvalue weighted by atomic mass is 35.5. The Balaban J connectivity index is 2.78. The standard InChI is InChI=1S/C10H9Cl2NO2/c1-6(14)2-3-9(15)10-8(12)4-7(11)5-13-10/h4-5H,2-3H2,1H3. The minimum atomic E-state index is -0.244. The molecule has 0 unspecified atom stereocenters. The maximum atomic E-state index is 11.5. The molecular formula is C10H9Cl2NO2. The van der Waals surface area contributed by atoms with E-state index in [1.54, 1.807) is 0 Å². The molecule has 1 aromatic rings. The molecule has 15 heavy (non-hydrogen) atoms. The van der Waals surface area contributed by atoms with Gasteiger partial charge in [-0.05, 0) is 13.0 Å².